The first-order valence-electron chi connectivity index (χ1n) is 12.1. The zero-order valence-corrected chi connectivity index (χ0v) is 24.8. The molecule has 0 radical (unpaired) electrons. The number of hydrogen-bond donors (Lipinski definition) is 1. The average Bonchev–Trinajstić information content (AvgIpc) is 3.20. The van der Waals surface area contributed by atoms with Crippen LogP contribution >= 0.6 is 31.9 Å². The number of rotatable bonds is 1. The Morgan fingerprint density at radius 2 is 1.44 bits per heavy atom. The van der Waals surface area contributed by atoms with Crippen LogP contribution in [0.15, 0.2) is 57.5 Å². The molecule has 188 valence electrons. The minimum absolute atomic E-state index is 0.101. The highest BCUT2D eigenvalue weighted by Crippen LogP contribution is 2.60. The predicted octanol–water partition coefficient (Wildman–Crippen LogP) is 7.91. The Morgan fingerprint density at radius 1 is 0.889 bits per heavy atom. The van der Waals surface area contributed by atoms with Crippen molar-refractivity contribution in [3.63, 3.8) is 0 Å². The maximum Gasteiger partial charge on any atom is 0.276 e. The molecule has 0 unspecified atom stereocenters. The molecule has 1 amide bonds. The largest absolute Gasteiger partial charge is 0.507 e. The van der Waals surface area contributed by atoms with Gasteiger partial charge < -0.3 is 14.7 Å². The van der Waals surface area contributed by atoms with Gasteiger partial charge in [0.05, 0.1) is 11.6 Å². The van der Waals surface area contributed by atoms with Crippen molar-refractivity contribution in [1.82, 2.24) is 0 Å². The number of carbonyl (C=O) groups excluding carboxylic acids is 1. The third-order valence-corrected chi connectivity index (χ3v) is 8.37. The first kappa shape index (κ1) is 25.3. The summed E-state index contributed by atoms with van der Waals surface area (Å²) in [5.74, 6) is 0.508. The number of amides is 1. The van der Waals surface area contributed by atoms with Crippen molar-refractivity contribution in [3.8, 4) is 11.5 Å². The van der Waals surface area contributed by atoms with Crippen molar-refractivity contribution in [3.05, 3.63) is 85.3 Å². The standard InChI is InChI=1S/C30H31Br2NO3/c1-28(2,3)21-12-16(13-22(26(21)34)29(4,5)6)25-19-14-17(31)9-11-24(19)36-30(25)20-15-18(32)8-10-23(20)33(7)27(30)35/h8-15,25,34H,1-7H3/t25-,30+/m1/s1. The number of aromatic hydroxyl groups is 1. The fourth-order valence-corrected chi connectivity index (χ4v) is 6.36. The van der Waals surface area contributed by atoms with Crippen molar-refractivity contribution in [2.75, 3.05) is 11.9 Å². The van der Waals surface area contributed by atoms with Crippen molar-refractivity contribution < 1.29 is 14.6 Å². The van der Waals surface area contributed by atoms with E-state index in [2.05, 4.69) is 91.6 Å². The molecule has 0 saturated carbocycles. The lowest BCUT2D eigenvalue weighted by atomic mass is 9.71. The zero-order valence-electron chi connectivity index (χ0n) is 21.7. The van der Waals surface area contributed by atoms with E-state index in [0.717, 1.165) is 42.5 Å². The molecule has 4 nitrogen and oxygen atoms in total. The van der Waals surface area contributed by atoms with Gasteiger partial charge in [-0.05, 0) is 63.9 Å². The molecule has 2 atom stereocenters. The fraction of sp³-hybridized carbons (Fsp3) is 0.367. The Kier molecular flexibility index (Phi) is 5.70. The molecule has 1 N–H and O–H groups in total. The van der Waals surface area contributed by atoms with Gasteiger partial charge in [0.15, 0.2) is 0 Å². The lowest BCUT2D eigenvalue weighted by Gasteiger charge is -2.33. The summed E-state index contributed by atoms with van der Waals surface area (Å²) >= 11 is 7.26. The number of fused-ring (bicyclic) bond motifs is 3. The Labute approximate surface area is 229 Å². The van der Waals surface area contributed by atoms with Crippen LogP contribution in [0.3, 0.4) is 0 Å². The van der Waals surface area contributed by atoms with E-state index in [0.29, 0.717) is 11.5 Å². The van der Waals surface area contributed by atoms with E-state index in [1.165, 1.54) is 0 Å². The molecule has 0 aliphatic carbocycles. The molecule has 0 saturated heterocycles. The molecule has 3 aromatic carbocycles. The summed E-state index contributed by atoms with van der Waals surface area (Å²) < 4.78 is 8.54. The molecule has 0 bridgehead atoms. The van der Waals surface area contributed by atoms with Gasteiger partial charge in [-0.2, -0.15) is 0 Å². The van der Waals surface area contributed by atoms with Crippen LogP contribution in [0.25, 0.3) is 0 Å². The van der Waals surface area contributed by atoms with Gasteiger partial charge >= 0.3 is 0 Å². The molecule has 0 aromatic heterocycles. The number of anilines is 1. The van der Waals surface area contributed by atoms with Crippen LogP contribution in [0.2, 0.25) is 0 Å². The minimum atomic E-state index is -1.25. The van der Waals surface area contributed by atoms with E-state index in [1.54, 1.807) is 11.9 Å². The molecule has 3 aromatic rings. The Balaban J connectivity index is 1.89. The Bertz CT molecular complexity index is 1380. The summed E-state index contributed by atoms with van der Waals surface area (Å²) in [6.45, 7) is 12.6. The third kappa shape index (κ3) is 3.63. The van der Waals surface area contributed by atoms with Crippen molar-refractivity contribution in [1.29, 1.82) is 0 Å². The van der Waals surface area contributed by atoms with Crippen LogP contribution in [0.5, 0.6) is 11.5 Å². The summed E-state index contributed by atoms with van der Waals surface area (Å²) in [4.78, 5) is 15.9. The Morgan fingerprint density at radius 3 is 2.03 bits per heavy atom. The molecule has 2 heterocycles. The highest BCUT2D eigenvalue weighted by atomic mass is 79.9. The maximum absolute atomic E-state index is 14.2. The van der Waals surface area contributed by atoms with Crippen LogP contribution < -0.4 is 9.64 Å². The van der Waals surface area contributed by atoms with Gasteiger partial charge in [0.1, 0.15) is 11.5 Å². The molecule has 36 heavy (non-hydrogen) atoms. The van der Waals surface area contributed by atoms with E-state index in [-0.39, 0.29) is 16.7 Å². The lowest BCUT2D eigenvalue weighted by Crippen LogP contribution is -2.45. The molecule has 1 spiro atoms. The first-order valence-corrected chi connectivity index (χ1v) is 13.7. The molecular formula is C30H31Br2NO3. The number of phenols is 1. The topological polar surface area (TPSA) is 49.8 Å². The quantitative estimate of drug-likeness (QED) is 0.304. The second-order valence-electron chi connectivity index (χ2n) is 11.9. The highest BCUT2D eigenvalue weighted by molar-refractivity contribution is 9.10. The van der Waals surface area contributed by atoms with Gasteiger partial charge in [-0.3, -0.25) is 4.79 Å². The normalized spacial score (nSPS) is 21.1. The summed E-state index contributed by atoms with van der Waals surface area (Å²) in [6, 6.07) is 16.0. The van der Waals surface area contributed by atoms with Crippen molar-refractivity contribution in [2.45, 2.75) is 63.9 Å². The highest BCUT2D eigenvalue weighted by Gasteiger charge is 2.62. The van der Waals surface area contributed by atoms with Crippen molar-refractivity contribution >= 4 is 43.5 Å². The molecule has 0 fully saturated rings. The van der Waals surface area contributed by atoms with E-state index >= 15 is 0 Å². The summed E-state index contributed by atoms with van der Waals surface area (Å²) in [5.41, 5.74) is 3.44. The van der Waals surface area contributed by atoms with E-state index < -0.39 is 11.5 Å². The average molecular weight is 613 g/mol. The Hall–Kier alpha value is -2.31. The van der Waals surface area contributed by atoms with Crippen LogP contribution in [-0.2, 0) is 21.2 Å². The molecule has 2 aliphatic heterocycles. The second kappa shape index (κ2) is 8.09. The number of benzene rings is 3. The van der Waals surface area contributed by atoms with Gasteiger partial charge in [-0.25, -0.2) is 0 Å². The van der Waals surface area contributed by atoms with Gasteiger partial charge in [0.2, 0.25) is 5.60 Å². The molecule has 5 rings (SSSR count). The van der Waals surface area contributed by atoms with Gasteiger partial charge in [0.25, 0.3) is 5.91 Å². The van der Waals surface area contributed by atoms with Crippen LogP contribution in [-0.4, -0.2) is 18.1 Å². The second-order valence-corrected chi connectivity index (χ2v) is 13.8. The van der Waals surface area contributed by atoms with Gasteiger partial charge in [0, 0.05) is 27.1 Å². The van der Waals surface area contributed by atoms with E-state index in [9.17, 15) is 9.90 Å². The first-order chi connectivity index (χ1) is 16.7. The van der Waals surface area contributed by atoms with Gasteiger partial charge in [-0.1, -0.05) is 85.5 Å². The number of carbonyl (C=O) groups is 1. The smallest absolute Gasteiger partial charge is 0.276 e. The third-order valence-electron chi connectivity index (χ3n) is 7.38. The summed E-state index contributed by atoms with van der Waals surface area (Å²) in [7, 11) is 1.81. The molecular weight excluding hydrogens is 582 g/mol. The van der Waals surface area contributed by atoms with E-state index in [1.807, 2.05) is 30.3 Å². The van der Waals surface area contributed by atoms with Crippen molar-refractivity contribution in [2.24, 2.45) is 0 Å². The SMILES string of the molecule is CN1C(=O)[C@]2(Oc3ccc(Br)cc3[C@H]2c2cc(C(C)(C)C)c(O)c(C(C)(C)C)c2)c2cc(Br)ccc21. The zero-order chi connectivity index (χ0) is 26.4. The van der Waals surface area contributed by atoms with Crippen LogP contribution in [0.4, 0.5) is 5.69 Å². The molecule has 6 heteroatoms. The van der Waals surface area contributed by atoms with E-state index in [4.69, 9.17) is 4.74 Å². The lowest BCUT2D eigenvalue weighted by molar-refractivity contribution is -0.132. The van der Waals surface area contributed by atoms with Gasteiger partial charge in [-0.15, -0.1) is 0 Å². The predicted molar refractivity (Wildman–Crippen MR) is 151 cm³/mol. The number of halogens is 2. The summed E-state index contributed by atoms with van der Waals surface area (Å²) in [6.07, 6.45) is 0. The number of nitrogens with zero attached hydrogens (tertiary/aromatic N) is 1. The maximum atomic E-state index is 14.2. The minimum Gasteiger partial charge on any atom is -0.507 e. The number of ether oxygens (including phenoxy) is 1. The van der Waals surface area contributed by atoms with Crippen LogP contribution in [0, 0.1) is 0 Å². The fourth-order valence-electron chi connectivity index (χ4n) is 5.62. The molecule has 2 aliphatic rings. The summed E-state index contributed by atoms with van der Waals surface area (Å²) in [5, 5.41) is 11.4. The number of hydrogen-bond acceptors (Lipinski definition) is 3. The monoisotopic (exact) mass is 611 g/mol. The number of phenolic OH excluding ortho intramolecular Hbond substituents is 1. The number of likely N-dealkylation sites (N-methyl/N-ethyl adjacent to an activating group) is 1. The van der Waals surface area contributed by atoms with Crippen LogP contribution in [0.1, 0.15) is 75.3 Å².